The van der Waals surface area contributed by atoms with Crippen molar-refractivity contribution in [3.8, 4) is 5.75 Å². The van der Waals surface area contributed by atoms with Crippen LogP contribution in [0.25, 0.3) is 10.9 Å². The average Bonchev–Trinajstić information content (AvgIpc) is 2.76. The number of hydrogen-bond acceptors (Lipinski definition) is 3. The first-order chi connectivity index (χ1) is 15.6. The van der Waals surface area contributed by atoms with E-state index in [4.69, 9.17) is 10.5 Å². The quantitative estimate of drug-likeness (QED) is 0.346. The number of benzene rings is 2. The summed E-state index contributed by atoms with van der Waals surface area (Å²) >= 11 is 0. The summed E-state index contributed by atoms with van der Waals surface area (Å²) in [5, 5.41) is 0.985. The lowest BCUT2D eigenvalue weighted by Gasteiger charge is -2.36. The van der Waals surface area contributed by atoms with E-state index in [-0.39, 0.29) is 23.7 Å². The molecule has 3 aromatic rings. The Kier molecular flexibility index (Phi) is 7.95. The van der Waals surface area contributed by atoms with Gasteiger partial charge in [-0.25, -0.2) is 4.39 Å². The molecule has 0 spiro atoms. The van der Waals surface area contributed by atoms with E-state index in [2.05, 4.69) is 4.98 Å². The molecular formula is C26H30F4N2O. The van der Waals surface area contributed by atoms with Gasteiger partial charge in [0.15, 0.2) is 0 Å². The summed E-state index contributed by atoms with van der Waals surface area (Å²) in [4.78, 5) is 4.39. The second-order valence-corrected chi connectivity index (χ2v) is 8.89. The molecule has 2 unspecified atom stereocenters. The van der Waals surface area contributed by atoms with Gasteiger partial charge in [-0.3, -0.25) is 4.98 Å². The van der Waals surface area contributed by atoms with Crippen LogP contribution in [0.4, 0.5) is 17.6 Å². The fourth-order valence-electron chi connectivity index (χ4n) is 4.84. The first-order valence-electron chi connectivity index (χ1n) is 11.1. The molecule has 0 aliphatic carbocycles. The molecule has 0 bridgehead atoms. The maximum Gasteiger partial charge on any atom is 0.389 e. The number of halogens is 4. The van der Waals surface area contributed by atoms with Crippen LogP contribution in [-0.4, -0.2) is 24.8 Å². The standard InChI is InChI=1S/C26H30F4N2O/c1-25(17-26(28,29)30,22-15-20(27)9-10-24(22)33-2)16-18(6-5-12-31)14-19-11-13-32-23-8-4-3-7-21(19)23/h3-4,7-11,13,15,18H,5-6,12,14,16-17,31H2,1-2H3. The van der Waals surface area contributed by atoms with Crippen molar-refractivity contribution in [1.29, 1.82) is 0 Å². The molecule has 0 fully saturated rings. The molecule has 7 heteroatoms. The van der Waals surface area contributed by atoms with Crippen molar-refractivity contribution < 1.29 is 22.3 Å². The summed E-state index contributed by atoms with van der Waals surface area (Å²) in [7, 11) is 1.39. The maximum atomic E-state index is 14.1. The number of nitrogens with zero attached hydrogens (tertiary/aromatic N) is 1. The molecule has 178 valence electrons. The van der Waals surface area contributed by atoms with Crippen molar-refractivity contribution in [1.82, 2.24) is 4.98 Å². The number of rotatable bonds is 10. The highest BCUT2D eigenvalue weighted by atomic mass is 19.4. The Hall–Kier alpha value is -2.67. The molecule has 2 aromatic carbocycles. The number of fused-ring (bicyclic) bond motifs is 1. The third kappa shape index (κ3) is 6.44. The molecule has 2 N–H and O–H groups in total. The van der Waals surface area contributed by atoms with E-state index in [0.717, 1.165) is 16.5 Å². The lowest BCUT2D eigenvalue weighted by Crippen LogP contribution is -2.33. The smallest absolute Gasteiger partial charge is 0.389 e. The number of aromatic nitrogens is 1. The van der Waals surface area contributed by atoms with Crippen LogP contribution in [0, 0.1) is 11.7 Å². The van der Waals surface area contributed by atoms with E-state index in [1.165, 1.54) is 25.3 Å². The average molecular weight is 463 g/mol. The van der Waals surface area contributed by atoms with Gasteiger partial charge in [-0.2, -0.15) is 13.2 Å². The molecule has 0 aliphatic heterocycles. The molecular weight excluding hydrogens is 432 g/mol. The second-order valence-electron chi connectivity index (χ2n) is 8.89. The first-order valence-corrected chi connectivity index (χ1v) is 11.1. The van der Waals surface area contributed by atoms with Gasteiger partial charge in [0.25, 0.3) is 0 Å². The molecule has 0 saturated heterocycles. The molecule has 3 rings (SSSR count). The van der Waals surface area contributed by atoms with E-state index in [1.54, 1.807) is 13.1 Å². The second kappa shape index (κ2) is 10.5. The van der Waals surface area contributed by atoms with Gasteiger partial charge in [0.1, 0.15) is 11.6 Å². The lowest BCUT2D eigenvalue weighted by atomic mass is 9.70. The van der Waals surface area contributed by atoms with Gasteiger partial charge in [0.2, 0.25) is 0 Å². The van der Waals surface area contributed by atoms with E-state index >= 15 is 0 Å². The third-order valence-electron chi connectivity index (χ3n) is 6.21. The summed E-state index contributed by atoms with van der Waals surface area (Å²) < 4.78 is 60.7. The van der Waals surface area contributed by atoms with Crippen LogP contribution in [0.1, 0.15) is 43.7 Å². The van der Waals surface area contributed by atoms with Gasteiger partial charge < -0.3 is 10.5 Å². The highest BCUT2D eigenvalue weighted by Gasteiger charge is 2.43. The van der Waals surface area contributed by atoms with Gasteiger partial charge in [-0.1, -0.05) is 25.1 Å². The SMILES string of the molecule is COc1ccc(F)cc1C(C)(CC(CCCN)Cc1ccnc2ccccc12)CC(F)(F)F. The Labute approximate surface area is 192 Å². The monoisotopic (exact) mass is 462 g/mol. The van der Waals surface area contributed by atoms with Crippen LogP contribution in [-0.2, 0) is 11.8 Å². The van der Waals surface area contributed by atoms with Crippen molar-refractivity contribution in [3.63, 3.8) is 0 Å². The van der Waals surface area contributed by atoms with Crippen molar-refractivity contribution in [2.75, 3.05) is 13.7 Å². The normalized spacial score (nSPS) is 14.8. The molecule has 0 aliphatic rings. The van der Waals surface area contributed by atoms with Crippen molar-refractivity contribution in [2.45, 2.75) is 50.6 Å². The lowest BCUT2D eigenvalue weighted by molar-refractivity contribution is -0.148. The molecule has 0 amide bonds. The number of methoxy groups -OCH3 is 1. The summed E-state index contributed by atoms with van der Waals surface area (Å²) in [6, 6.07) is 13.4. The Balaban J connectivity index is 2.02. The molecule has 33 heavy (non-hydrogen) atoms. The Bertz CT molecular complexity index is 1060. The highest BCUT2D eigenvalue weighted by Crippen LogP contribution is 2.46. The first kappa shape index (κ1) is 25.0. The Morgan fingerprint density at radius 3 is 2.55 bits per heavy atom. The molecule has 3 nitrogen and oxygen atoms in total. The Morgan fingerprint density at radius 2 is 1.85 bits per heavy atom. The zero-order valence-electron chi connectivity index (χ0n) is 19.0. The largest absolute Gasteiger partial charge is 0.496 e. The zero-order chi connectivity index (χ0) is 24.1. The topological polar surface area (TPSA) is 48.1 Å². The summed E-state index contributed by atoms with van der Waals surface area (Å²) in [6.45, 7) is 2.00. The van der Waals surface area contributed by atoms with Gasteiger partial charge in [-0.15, -0.1) is 0 Å². The molecule has 1 aromatic heterocycles. The number of para-hydroxylation sites is 1. The van der Waals surface area contributed by atoms with Crippen molar-refractivity contribution in [3.05, 3.63) is 71.7 Å². The number of hydrogen-bond donors (Lipinski definition) is 1. The Morgan fingerprint density at radius 1 is 1.09 bits per heavy atom. The van der Waals surface area contributed by atoms with E-state index in [9.17, 15) is 17.6 Å². The summed E-state index contributed by atoms with van der Waals surface area (Å²) in [6.07, 6.45) is -1.63. The van der Waals surface area contributed by atoms with E-state index in [1.807, 2.05) is 30.3 Å². The van der Waals surface area contributed by atoms with Crippen molar-refractivity contribution >= 4 is 10.9 Å². The van der Waals surface area contributed by atoms with Crippen LogP contribution >= 0.6 is 0 Å². The molecule has 1 heterocycles. The van der Waals surface area contributed by atoms with Gasteiger partial charge >= 0.3 is 6.18 Å². The van der Waals surface area contributed by atoms with E-state index in [0.29, 0.717) is 25.8 Å². The van der Waals surface area contributed by atoms with Crippen LogP contribution in [0.3, 0.4) is 0 Å². The third-order valence-corrected chi connectivity index (χ3v) is 6.21. The van der Waals surface area contributed by atoms with Crippen molar-refractivity contribution in [2.24, 2.45) is 11.7 Å². The van der Waals surface area contributed by atoms with Crippen LogP contribution in [0.2, 0.25) is 0 Å². The fraction of sp³-hybridized carbons (Fsp3) is 0.423. The molecule has 0 radical (unpaired) electrons. The van der Waals surface area contributed by atoms with Gasteiger partial charge in [-0.05, 0) is 74.0 Å². The van der Waals surface area contributed by atoms with E-state index < -0.39 is 23.8 Å². The van der Waals surface area contributed by atoms with Crippen LogP contribution < -0.4 is 10.5 Å². The fourth-order valence-corrected chi connectivity index (χ4v) is 4.84. The molecule has 2 atom stereocenters. The molecule has 0 saturated carbocycles. The summed E-state index contributed by atoms with van der Waals surface area (Å²) in [5.74, 6) is -0.424. The van der Waals surface area contributed by atoms with Gasteiger partial charge in [0.05, 0.1) is 19.0 Å². The summed E-state index contributed by atoms with van der Waals surface area (Å²) in [5.41, 5.74) is 6.49. The predicted octanol–water partition coefficient (Wildman–Crippen LogP) is 6.58. The number of pyridine rings is 1. The maximum absolute atomic E-state index is 14.1. The minimum atomic E-state index is -4.42. The van der Waals surface area contributed by atoms with Crippen LogP contribution in [0.15, 0.2) is 54.7 Å². The van der Waals surface area contributed by atoms with Crippen LogP contribution in [0.5, 0.6) is 5.75 Å². The number of alkyl halides is 3. The minimum Gasteiger partial charge on any atom is -0.496 e. The predicted molar refractivity (Wildman–Crippen MR) is 123 cm³/mol. The van der Waals surface area contributed by atoms with Gasteiger partial charge in [0, 0.05) is 22.6 Å². The zero-order valence-corrected chi connectivity index (χ0v) is 19.0. The minimum absolute atomic E-state index is 0.0975. The number of nitrogens with two attached hydrogens (primary N) is 1. The highest BCUT2D eigenvalue weighted by molar-refractivity contribution is 5.81. The number of ether oxygens (including phenoxy) is 1.